The van der Waals surface area contributed by atoms with Crippen LogP contribution < -0.4 is 9.47 Å². The highest BCUT2D eigenvalue weighted by molar-refractivity contribution is 9.10. The molecule has 0 spiro atoms. The zero-order valence-corrected chi connectivity index (χ0v) is 12.9. The fourth-order valence-electron chi connectivity index (χ4n) is 2.53. The molecule has 0 aromatic heterocycles. The van der Waals surface area contributed by atoms with Gasteiger partial charge in [-0.05, 0) is 50.7 Å². The number of rotatable bonds is 6. The standard InChI is InChI=1S/C15H21BrO3/c1-18-14-9-8-13(16)12(7-4-10-17)15(14)19-11-5-2-3-6-11/h8-9,11,17H,2-7,10H2,1H3. The van der Waals surface area contributed by atoms with E-state index < -0.39 is 0 Å². The van der Waals surface area contributed by atoms with Gasteiger partial charge < -0.3 is 14.6 Å². The van der Waals surface area contributed by atoms with Gasteiger partial charge in [0.15, 0.2) is 11.5 Å². The van der Waals surface area contributed by atoms with Crippen molar-refractivity contribution in [2.75, 3.05) is 13.7 Å². The highest BCUT2D eigenvalue weighted by Crippen LogP contribution is 2.39. The van der Waals surface area contributed by atoms with Crippen LogP contribution in [0.5, 0.6) is 11.5 Å². The summed E-state index contributed by atoms with van der Waals surface area (Å²) in [5, 5.41) is 9.03. The summed E-state index contributed by atoms with van der Waals surface area (Å²) in [7, 11) is 1.67. The first-order valence-corrected chi connectivity index (χ1v) is 7.68. The molecule has 0 unspecified atom stereocenters. The lowest BCUT2D eigenvalue weighted by atomic mass is 10.1. The van der Waals surface area contributed by atoms with Crippen LogP contribution in [0.15, 0.2) is 16.6 Å². The molecule has 1 aromatic carbocycles. The lowest BCUT2D eigenvalue weighted by Gasteiger charge is -2.20. The van der Waals surface area contributed by atoms with Crippen molar-refractivity contribution >= 4 is 15.9 Å². The van der Waals surface area contributed by atoms with E-state index in [1.54, 1.807) is 7.11 Å². The van der Waals surface area contributed by atoms with Gasteiger partial charge >= 0.3 is 0 Å². The average molecular weight is 329 g/mol. The Balaban J connectivity index is 2.26. The van der Waals surface area contributed by atoms with Crippen LogP contribution >= 0.6 is 15.9 Å². The van der Waals surface area contributed by atoms with Crippen molar-refractivity contribution in [3.05, 3.63) is 22.2 Å². The van der Waals surface area contributed by atoms with Crippen molar-refractivity contribution in [3.8, 4) is 11.5 Å². The van der Waals surface area contributed by atoms with Crippen LogP contribution in [0.3, 0.4) is 0 Å². The third kappa shape index (κ3) is 3.63. The molecule has 0 atom stereocenters. The lowest BCUT2D eigenvalue weighted by molar-refractivity contribution is 0.198. The molecule has 0 heterocycles. The predicted octanol–water partition coefficient (Wildman–Crippen LogP) is 3.70. The number of ether oxygens (including phenoxy) is 2. The van der Waals surface area contributed by atoms with Gasteiger partial charge in [0.2, 0.25) is 0 Å². The molecule has 1 fully saturated rings. The Morgan fingerprint density at radius 3 is 2.68 bits per heavy atom. The normalized spacial score (nSPS) is 15.7. The quantitative estimate of drug-likeness (QED) is 0.865. The first-order valence-electron chi connectivity index (χ1n) is 6.89. The summed E-state index contributed by atoms with van der Waals surface area (Å²) in [6.07, 6.45) is 6.55. The maximum Gasteiger partial charge on any atom is 0.165 e. The summed E-state index contributed by atoms with van der Waals surface area (Å²) < 4.78 is 12.6. The second-order valence-corrected chi connectivity index (χ2v) is 5.76. The predicted molar refractivity (Wildman–Crippen MR) is 79.0 cm³/mol. The number of hydrogen-bond acceptors (Lipinski definition) is 3. The van der Waals surface area contributed by atoms with Gasteiger partial charge in [-0.1, -0.05) is 15.9 Å². The summed E-state index contributed by atoms with van der Waals surface area (Å²) in [6.45, 7) is 0.187. The molecule has 19 heavy (non-hydrogen) atoms. The van der Waals surface area contributed by atoms with Gasteiger partial charge in [0, 0.05) is 16.6 Å². The topological polar surface area (TPSA) is 38.7 Å². The van der Waals surface area contributed by atoms with E-state index in [4.69, 9.17) is 14.6 Å². The summed E-state index contributed by atoms with van der Waals surface area (Å²) in [4.78, 5) is 0. The number of methoxy groups -OCH3 is 1. The van der Waals surface area contributed by atoms with Gasteiger partial charge in [-0.2, -0.15) is 0 Å². The molecule has 1 aliphatic carbocycles. The average Bonchev–Trinajstić information content (AvgIpc) is 2.91. The smallest absolute Gasteiger partial charge is 0.165 e. The van der Waals surface area contributed by atoms with Crippen LogP contribution in [0.25, 0.3) is 0 Å². The van der Waals surface area contributed by atoms with Gasteiger partial charge in [0.05, 0.1) is 13.2 Å². The Hall–Kier alpha value is -0.740. The Labute approximate surface area is 123 Å². The van der Waals surface area contributed by atoms with Crippen molar-refractivity contribution in [1.82, 2.24) is 0 Å². The van der Waals surface area contributed by atoms with E-state index >= 15 is 0 Å². The van der Waals surface area contributed by atoms with Crippen molar-refractivity contribution in [1.29, 1.82) is 0 Å². The van der Waals surface area contributed by atoms with Gasteiger partial charge in [0.25, 0.3) is 0 Å². The molecule has 1 aromatic rings. The zero-order valence-electron chi connectivity index (χ0n) is 11.3. The summed E-state index contributed by atoms with van der Waals surface area (Å²) in [6, 6.07) is 3.91. The zero-order chi connectivity index (χ0) is 13.7. The molecule has 106 valence electrons. The second kappa shape index (κ2) is 7.15. The maximum absolute atomic E-state index is 9.03. The van der Waals surface area contributed by atoms with Gasteiger partial charge in [0.1, 0.15) is 0 Å². The van der Waals surface area contributed by atoms with E-state index in [0.29, 0.717) is 6.10 Å². The molecule has 0 bridgehead atoms. The van der Waals surface area contributed by atoms with Crippen LogP contribution in [0.1, 0.15) is 37.7 Å². The van der Waals surface area contributed by atoms with Crippen LogP contribution in [-0.2, 0) is 6.42 Å². The van der Waals surface area contributed by atoms with Crippen LogP contribution in [0, 0.1) is 0 Å². The fraction of sp³-hybridized carbons (Fsp3) is 0.600. The molecular weight excluding hydrogens is 308 g/mol. The minimum atomic E-state index is 0.187. The number of aliphatic hydroxyl groups excluding tert-OH is 1. The monoisotopic (exact) mass is 328 g/mol. The van der Waals surface area contributed by atoms with E-state index in [0.717, 1.165) is 47.2 Å². The Kier molecular flexibility index (Phi) is 5.52. The van der Waals surface area contributed by atoms with E-state index in [1.165, 1.54) is 12.8 Å². The summed E-state index contributed by atoms with van der Waals surface area (Å²) in [5.74, 6) is 1.63. The molecule has 1 aliphatic rings. The highest BCUT2D eigenvalue weighted by Gasteiger charge is 2.21. The first kappa shape index (κ1) is 14.7. The molecule has 0 amide bonds. The van der Waals surface area contributed by atoms with Crippen LogP contribution in [-0.4, -0.2) is 24.9 Å². The number of aliphatic hydroxyl groups is 1. The SMILES string of the molecule is COc1ccc(Br)c(CCCO)c1OC1CCCC1. The molecule has 1 N–H and O–H groups in total. The Bertz CT molecular complexity index is 414. The molecule has 0 aliphatic heterocycles. The van der Waals surface area contributed by atoms with Crippen LogP contribution in [0.2, 0.25) is 0 Å². The third-order valence-corrected chi connectivity index (χ3v) is 4.30. The maximum atomic E-state index is 9.03. The summed E-state index contributed by atoms with van der Waals surface area (Å²) >= 11 is 3.57. The minimum Gasteiger partial charge on any atom is -0.493 e. The van der Waals surface area contributed by atoms with Gasteiger partial charge in [-0.25, -0.2) is 0 Å². The Morgan fingerprint density at radius 2 is 2.05 bits per heavy atom. The van der Waals surface area contributed by atoms with E-state index in [1.807, 2.05) is 12.1 Å². The van der Waals surface area contributed by atoms with E-state index in [2.05, 4.69) is 15.9 Å². The third-order valence-electron chi connectivity index (χ3n) is 3.56. The number of hydrogen-bond donors (Lipinski definition) is 1. The Morgan fingerprint density at radius 1 is 1.32 bits per heavy atom. The molecular formula is C15H21BrO3. The molecule has 4 heteroatoms. The molecule has 3 nitrogen and oxygen atoms in total. The first-order chi connectivity index (χ1) is 9.26. The molecule has 1 saturated carbocycles. The van der Waals surface area contributed by atoms with Crippen molar-refractivity contribution in [2.45, 2.75) is 44.6 Å². The largest absolute Gasteiger partial charge is 0.493 e. The van der Waals surface area contributed by atoms with Crippen molar-refractivity contribution in [2.24, 2.45) is 0 Å². The molecule has 0 saturated heterocycles. The van der Waals surface area contributed by atoms with Crippen molar-refractivity contribution in [3.63, 3.8) is 0 Å². The molecule has 2 rings (SSSR count). The number of benzene rings is 1. The number of halogens is 1. The highest BCUT2D eigenvalue weighted by atomic mass is 79.9. The van der Waals surface area contributed by atoms with Crippen molar-refractivity contribution < 1.29 is 14.6 Å². The van der Waals surface area contributed by atoms with Gasteiger partial charge in [-0.3, -0.25) is 0 Å². The van der Waals surface area contributed by atoms with E-state index in [-0.39, 0.29) is 6.61 Å². The molecule has 0 radical (unpaired) electrons. The second-order valence-electron chi connectivity index (χ2n) is 4.91. The fourth-order valence-corrected chi connectivity index (χ4v) is 3.04. The lowest BCUT2D eigenvalue weighted by Crippen LogP contribution is -2.13. The van der Waals surface area contributed by atoms with Crippen LogP contribution in [0.4, 0.5) is 0 Å². The summed E-state index contributed by atoms with van der Waals surface area (Å²) in [5.41, 5.74) is 1.10. The van der Waals surface area contributed by atoms with Gasteiger partial charge in [-0.15, -0.1) is 0 Å². The minimum absolute atomic E-state index is 0.187. The van der Waals surface area contributed by atoms with E-state index in [9.17, 15) is 0 Å².